The SMILES string of the molecule is Cc1ccc(-n2nnnc2N)cc1Cl. The molecule has 6 heteroatoms. The Balaban J connectivity index is 2.53. The van der Waals surface area contributed by atoms with Gasteiger partial charge in [-0.3, -0.25) is 0 Å². The predicted octanol–water partition coefficient (Wildman–Crippen LogP) is 1.21. The van der Waals surface area contributed by atoms with E-state index in [2.05, 4.69) is 15.5 Å². The van der Waals surface area contributed by atoms with Gasteiger partial charge in [0.2, 0.25) is 5.95 Å². The molecule has 2 N–H and O–H groups in total. The molecule has 0 saturated heterocycles. The Morgan fingerprint density at radius 3 is 2.79 bits per heavy atom. The van der Waals surface area contributed by atoms with Crippen LogP contribution in [-0.4, -0.2) is 20.2 Å². The smallest absolute Gasteiger partial charge is 0.245 e. The van der Waals surface area contributed by atoms with Crippen LogP contribution in [-0.2, 0) is 0 Å². The van der Waals surface area contributed by atoms with Crippen LogP contribution in [0.4, 0.5) is 5.95 Å². The molecule has 5 nitrogen and oxygen atoms in total. The van der Waals surface area contributed by atoms with E-state index in [0.717, 1.165) is 11.3 Å². The number of rotatable bonds is 1. The van der Waals surface area contributed by atoms with E-state index in [1.807, 2.05) is 19.1 Å². The van der Waals surface area contributed by atoms with E-state index in [-0.39, 0.29) is 5.95 Å². The van der Waals surface area contributed by atoms with Gasteiger partial charge in [0.25, 0.3) is 0 Å². The number of aromatic nitrogens is 4. The Kier molecular flexibility index (Phi) is 2.09. The van der Waals surface area contributed by atoms with E-state index in [1.165, 1.54) is 4.68 Å². The van der Waals surface area contributed by atoms with Crippen LogP contribution in [0.1, 0.15) is 5.56 Å². The molecule has 14 heavy (non-hydrogen) atoms. The molecule has 72 valence electrons. The third-order valence-corrected chi connectivity index (χ3v) is 2.30. The Labute approximate surface area is 85.5 Å². The summed E-state index contributed by atoms with van der Waals surface area (Å²) in [4.78, 5) is 0. The van der Waals surface area contributed by atoms with E-state index in [4.69, 9.17) is 17.3 Å². The lowest BCUT2D eigenvalue weighted by Gasteiger charge is -2.03. The average Bonchev–Trinajstić information content (AvgIpc) is 2.57. The minimum Gasteiger partial charge on any atom is -0.366 e. The van der Waals surface area contributed by atoms with Gasteiger partial charge in [-0.25, -0.2) is 0 Å². The van der Waals surface area contributed by atoms with Crippen molar-refractivity contribution in [3.63, 3.8) is 0 Å². The van der Waals surface area contributed by atoms with E-state index >= 15 is 0 Å². The van der Waals surface area contributed by atoms with Gasteiger partial charge in [-0.15, -0.1) is 0 Å². The molecule has 0 aliphatic rings. The second kappa shape index (κ2) is 3.26. The Morgan fingerprint density at radius 1 is 1.43 bits per heavy atom. The van der Waals surface area contributed by atoms with Crippen LogP contribution in [0.3, 0.4) is 0 Å². The summed E-state index contributed by atoms with van der Waals surface area (Å²) >= 11 is 5.96. The lowest BCUT2D eigenvalue weighted by molar-refractivity contribution is 0.792. The third kappa shape index (κ3) is 1.42. The first kappa shape index (κ1) is 8.96. The fraction of sp³-hybridized carbons (Fsp3) is 0.125. The van der Waals surface area contributed by atoms with Gasteiger partial charge >= 0.3 is 0 Å². The molecule has 1 aromatic carbocycles. The van der Waals surface area contributed by atoms with Crippen molar-refractivity contribution in [2.45, 2.75) is 6.92 Å². The highest BCUT2D eigenvalue weighted by Gasteiger charge is 2.05. The number of nitrogen functional groups attached to an aromatic ring is 1. The summed E-state index contributed by atoms with van der Waals surface area (Å²) in [5.74, 6) is 0.241. The summed E-state index contributed by atoms with van der Waals surface area (Å²) in [5, 5.41) is 11.4. The van der Waals surface area contributed by atoms with Crippen molar-refractivity contribution in [3.8, 4) is 5.69 Å². The van der Waals surface area contributed by atoms with Gasteiger partial charge in [-0.2, -0.15) is 4.68 Å². The molecule has 0 amide bonds. The van der Waals surface area contributed by atoms with Crippen LogP contribution in [0.25, 0.3) is 5.69 Å². The molecule has 1 aromatic heterocycles. The van der Waals surface area contributed by atoms with E-state index in [0.29, 0.717) is 5.02 Å². The first-order valence-electron chi connectivity index (χ1n) is 3.99. The minimum atomic E-state index is 0.241. The highest BCUT2D eigenvalue weighted by molar-refractivity contribution is 6.31. The van der Waals surface area contributed by atoms with Crippen molar-refractivity contribution >= 4 is 17.5 Å². The fourth-order valence-electron chi connectivity index (χ4n) is 1.09. The maximum atomic E-state index is 5.96. The maximum absolute atomic E-state index is 5.96. The number of nitrogens with zero attached hydrogens (tertiary/aromatic N) is 4. The summed E-state index contributed by atoms with van der Waals surface area (Å²) in [6, 6.07) is 5.51. The number of benzene rings is 1. The van der Waals surface area contributed by atoms with Crippen molar-refractivity contribution in [1.82, 2.24) is 20.2 Å². The quantitative estimate of drug-likeness (QED) is 0.767. The van der Waals surface area contributed by atoms with Gasteiger partial charge in [0, 0.05) is 5.02 Å². The number of hydrogen-bond acceptors (Lipinski definition) is 4. The predicted molar refractivity (Wildman–Crippen MR) is 53.3 cm³/mol. The number of anilines is 1. The molecule has 0 atom stereocenters. The number of hydrogen-bond donors (Lipinski definition) is 1. The van der Waals surface area contributed by atoms with Crippen LogP contribution in [0, 0.1) is 6.92 Å². The van der Waals surface area contributed by atoms with Gasteiger partial charge in [-0.1, -0.05) is 22.8 Å². The monoisotopic (exact) mass is 209 g/mol. The lowest BCUT2D eigenvalue weighted by Crippen LogP contribution is -2.02. The standard InChI is InChI=1S/C8H8ClN5/c1-5-2-3-6(4-7(5)9)14-8(10)11-12-13-14/h2-4H,1H3,(H2,10,11,13). The fourth-order valence-corrected chi connectivity index (χ4v) is 1.27. The number of nitrogens with two attached hydrogens (primary N) is 1. The normalized spacial score (nSPS) is 10.4. The molecule has 2 rings (SSSR count). The van der Waals surface area contributed by atoms with Crippen LogP contribution < -0.4 is 5.73 Å². The first-order chi connectivity index (χ1) is 6.68. The van der Waals surface area contributed by atoms with E-state index in [1.54, 1.807) is 6.07 Å². The van der Waals surface area contributed by atoms with Crippen molar-refractivity contribution in [3.05, 3.63) is 28.8 Å². The molecule has 0 unspecified atom stereocenters. The van der Waals surface area contributed by atoms with Crippen LogP contribution in [0.2, 0.25) is 5.02 Å². The van der Waals surface area contributed by atoms with Crippen molar-refractivity contribution in [1.29, 1.82) is 0 Å². The average molecular weight is 210 g/mol. The van der Waals surface area contributed by atoms with Crippen molar-refractivity contribution in [2.24, 2.45) is 0 Å². The van der Waals surface area contributed by atoms with Crippen molar-refractivity contribution < 1.29 is 0 Å². The molecule has 0 fully saturated rings. The topological polar surface area (TPSA) is 69.6 Å². The van der Waals surface area contributed by atoms with Crippen LogP contribution in [0.15, 0.2) is 18.2 Å². The molecular formula is C8H8ClN5. The number of tetrazole rings is 1. The van der Waals surface area contributed by atoms with Crippen LogP contribution in [0.5, 0.6) is 0 Å². The van der Waals surface area contributed by atoms with Gasteiger partial charge in [-0.05, 0) is 35.0 Å². The van der Waals surface area contributed by atoms with Gasteiger partial charge in [0.15, 0.2) is 0 Å². The largest absolute Gasteiger partial charge is 0.366 e. The number of halogens is 1. The summed E-state index contributed by atoms with van der Waals surface area (Å²) in [7, 11) is 0. The molecule has 2 aromatic rings. The summed E-state index contributed by atoms with van der Waals surface area (Å²) in [6.07, 6.45) is 0. The molecule has 0 saturated carbocycles. The first-order valence-corrected chi connectivity index (χ1v) is 4.36. The Bertz CT molecular complexity index is 465. The second-order valence-electron chi connectivity index (χ2n) is 2.88. The molecule has 0 aliphatic carbocycles. The minimum absolute atomic E-state index is 0.241. The lowest BCUT2D eigenvalue weighted by atomic mass is 10.2. The number of aryl methyl sites for hydroxylation is 1. The zero-order valence-electron chi connectivity index (χ0n) is 7.48. The second-order valence-corrected chi connectivity index (χ2v) is 3.29. The Morgan fingerprint density at radius 2 is 2.21 bits per heavy atom. The zero-order valence-corrected chi connectivity index (χ0v) is 8.23. The van der Waals surface area contributed by atoms with Crippen molar-refractivity contribution in [2.75, 3.05) is 5.73 Å². The van der Waals surface area contributed by atoms with Crippen LogP contribution >= 0.6 is 11.6 Å². The molecule has 0 radical (unpaired) electrons. The highest BCUT2D eigenvalue weighted by atomic mass is 35.5. The molecule has 1 heterocycles. The zero-order chi connectivity index (χ0) is 10.1. The maximum Gasteiger partial charge on any atom is 0.245 e. The summed E-state index contributed by atoms with van der Waals surface area (Å²) in [5.41, 5.74) is 7.30. The third-order valence-electron chi connectivity index (χ3n) is 1.89. The van der Waals surface area contributed by atoms with E-state index < -0.39 is 0 Å². The molecular weight excluding hydrogens is 202 g/mol. The molecule has 0 aliphatic heterocycles. The molecule has 0 spiro atoms. The van der Waals surface area contributed by atoms with Gasteiger partial charge < -0.3 is 5.73 Å². The van der Waals surface area contributed by atoms with Gasteiger partial charge in [0.1, 0.15) is 0 Å². The Hall–Kier alpha value is -1.62. The summed E-state index contributed by atoms with van der Waals surface area (Å²) in [6.45, 7) is 1.93. The summed E-state index contributed by atoms with van der Waals surface area (Å²) < 4.78 is 1.42. The molecule has 0 bridgehead atoms. The van der Waals surface area contributed by atoms with E-state index in [9.17, 15) is 0 Å². The highest BCUT2D eigenvalue weighted by Crippen LogP contribution is 2.19. The van der Waals surface area contributed by atoms with Gasteiger partial charge in [0.05, 0.1) is 5.69 Å².